The van der Waals surface area contributed by atoms with Crippen molar-refractivity contribution in [1.82, 2.24) is 0 Å². The van der Waals surface area contributed by atoms with E-state index in [0.29, 0.717) is 5.69 Å². The largest absolute Gasteiger partial charge is 0.378 e. The lowest BCUT2D eigenvalue weighted by Crippen LogP contribution is -2.28. The fourth-order valence-corrected chi connectivity index (χ4v) is 1.63. The smallest absolute Gasteiger partial charge is 0.319 e. The van der Waals surface area contributed by atoms with Crippen LogP contribution in [0.15, 0.2) is 42.5 Å². The van der Waals surface area contributed by atoms with E-state index in [1.807, 2.05) is 34.1 Å². The Labute approximate surface area is 105 Å². The summed E-state index contributed by atoms with van der Waals surface area (Å²) in [6.45, 7) is 0. The maximum absolute atomic E-state index is 12.7. The Hall–Kier alpha value is -1.49. The summed E-state index contributed by atoms with van der Waals surface area (Å²) < 4.78 is 25.4. The number of carbonyl (C=O) groups is 1. The fraction of sp³-hybridized carbons (Fsp3) is 0.0833. The molecular formula is C12H8BrF2NO. The summed E-state index contributed by atoms with van der Waals surface area (Å²) >= 11 is 2.02. The highest BCUT2D eigenvalue weighted by molar-refractivity contribution is 9.10. The molecule has 0 heterocycles. The standard InChI is InChI=1S/C12H8BrF2NO/c13-12(14,15)11(17)16-10-7-3-5-8-4-1-2-6-9(8)10/h1-7H,(H,16,17). The lowest BCUT2D eigenvalue weighted by atomic mass is 10.1. The molecule has 0 saturated carbocycles. The Morgan fingerprint density at radius 2 is 1.76 bits per heavy atom. The summed E-state index contributed by atoms with van der Waals surface area (Å²) in [4.78, 5) is 7.60. The SMILES string of the molecule is O=C(Nc1cccc2ccccc12)C(F)(F)Br. The highest BCUT2D eigenvalue weighted by Gasteiger charge is 2.35. The third-order valence-electron chi connectivity index (χ3n) is 2.30. The number of hydrogen-bond acceptors (Lipinski definition) is 1. The van der Waals surface area contributed by atoms with Crippen LogP contribution in [0, 0.1) is 0 Å². The van der Waals surface area contributed by atoms with Crippen molar-refractivity contribution in [3.05, 3.63) is 42.5 Å². The summed E-state index contributed by atoms with van der Waals surface area (Å²) in [6.07, 6.45) is 0. The first-order chi connectivity index (χ1) is 7.98. The molecule has 0 unspecified atom stereocenters. The van der Waals surface area contributed by atoms with Gasteiger partial charge in [-0.2, -0.15) is 8.78 Å². The zero-order chi connectivity index (χ0) is 12.5. The quantitative estimate of drug-likeness (QED) is 0.841. The number of hydrogen-bond donors (Lipinski definition) is 1. The topological polar surface area (TPSA) is 29.1 Å². The van der Waals surface area contributed by atoms with Crippen LogP contribution < -0.4 is 5.32 Å². The molecule has 2 rings (SSSR count). The summed E-state index contributed by atoms with van der Waals surface area (Å²) in [7, 11) is 0. The predicted octanol–water partition coefficient (Wildman–Crippen LogP) is 3.77. The van der Waals surface area contributed by atoms with Crippen molar-refractivity contribution in [2.75, 3.05) is 5.32 Å². The van der Waals surface area contributed by atoms with E-state index in [4.69, 9.17) is 0 Å². The first-order valence-corrected chi connectivity index (χ1v) is 5.64. The Balaban J connectivity index is 2.40. The Morgan fingerprint density at radius 3 is 2.47 bits per heavy atom. The molecule has 2 nitrogen and oxygen atoms in total. The third kappa shape index (κ3) is 2.61. The molecule has 0 bridgehead atoms. The van der Waals surface area contributed by atoms with E-state index in [0.717, 1.165) is 10.8 Å². The van der Waals surface area contributed by atoms with Crippen LogP contribution in [0.3, 0.4) is 0 Å². The molecule has 5 heteroatoms. The van der Waals surface area contributed by atoms with Crippen molar-refractivity contribution in [2.45, 2.75) is 4.83 Å². The maximum Gasteiger partial charge on any atom is 0.378 e. The van der Waals surface area contributed by atoms with E-state index in [-0.39, 0.29) is 0 Å². The zero-order valence-corrected chi connectivity index (χ0v) is 10.2. The average Bonchev–Trinajstić information content (AvgIpc) is 2.28. The number of anilines is 1. The van der Waals surface area contributed by atoms with Gasteiger partial charge in [0.15, 0.2) is 0 Å². The molecule has 1 N–H and O–H groups in total. The Morgan fingerprint density at radius 1 is 1.12 bits per heavy atom. The van der Waals surface area contributed by atoms with E-state index in [1.165, 1.54) is 0 Å². The minimum Gasteiger partial charge on any atom is -0.319 e. The molecule has 0 aliphatic heterocycles. The van der Waals surface area contributed by atoms with E-state index in [2.05, 4.69) is 5.32 Å². The highest BCUT2D eigenvalue weighted by atomic mass is 79.9. The number of nitrogens with one attached hydrogen (secondary N) is 1. The molecule has 0 aliphatic carbocycles. The monoisotopic (exact) mass is 299 g/mol. The molecule has 1 amide bonds. The second kappa shape index (κ2) is 4.41. The van der Waals surface area contributed by atoms with Gasteiger partial charge in [0.2, 0.25) is 0 Å². The lowest BCUT2D eigenvalue weighted by molar-refractivity contribution is -0.128. The van der Waals surface area contributed by atoms with E-state index in [9.17, 15) is 13.6 Å². The molecule has 88 valence electrons. The number of halogens is 3. The number of rotatable bonds is 2. The van der Waals surface area contributed by atoms with Crippen LogP contribution in [0.5, 0.6) is 0 Å². The van der Waals surface area contributed by atoms with Gasteiger partial charge in [-0.1, -0.05) is 36.4 Å². The molecule has 0 aromatic heterocycles. The van der Waals surface area contributed by atoms with Crippen LogP contribution in [0.4, 0.5) is 14.5 Å². The molecule has 0 aliphatic rings. The van der Waals surface area contributed by atoms with Crippen molar-refractivity contribution in [1.29, 1.82) is 0 Å². The van der Waals surface area contributed by atoms with Crippen LogP contribution in [-0.4, -0.2) is 10.7 Å². The number of carbonyl (C=O) groups excluding carboxylic acids is 1. The lowest BCUT2D eigenvalue weighted by Gasteiger charge is -2.11. The molecular weight excluding hydrogens is 292 g/mol. The first kappa shape index (κ1) is 12.0. The van der Waals surface area contributed by atoms with Gasteiger partial charge in [0.05, 0.1) is 0 Å². The number of benzene rings is 2. The van der Waals surface area contributed by atoms with Crippen molar-refractivity contribution < 1.29 is 13.6 Å². The maximum atomic E-state index is 12.7. The molecule has 0 saturated heterocycles. The molecule has 0 fully saturated rings. The molecule has 0 atom stereocenters. The summed E-state index contributed by atoms with van der Waals surface area (Å²) in [5, 5.41) is 3.79. The van der Waals surface area contributed by atoms with Gasteiger partial charge in [0.25, 0.3) is 0 Å². The normalized spacial score (nSPS) is 11.5. The van der Waals surface area contributed by atoms with Crippen LogP contribution >= 0.6 is 15.9 Å². The molecule has 17 heavy (non-hydrogen) atoms. The van der Waals surface area contributed by atoms with Gasteiger partial charge in [0.1, 0.15) is 0 Å². The molecule has 2 aromatic carbocycles. The van der Waals surface area contributed by atoms with Crippen molar-refractivity contribution >= 4 is 38.3 Å². The van der Waals surface area contributed by atoms with Crippen LogP contribution in [-0.2, 0) is 4.79 Å². The van der Waals surface area contributed by atoms with Gasteiger partial charge in [-0.15, -0.1) is 0 Å². The minimum absolute atomic E-state index is 0.368. The van der Waals surface area contributed by atoms with Gasteiger partial charge < -0.3 is 5.32 Å². The van der Waals surface area contributed by atoms with Crippen LogP contribution in [0.2, 0.25) is 0 Å². The van der Waals surface area contributed by atoms with Gasteiger partial charge in [-0.05, 0) is 11.5 Å². The first-order valence-electron chi connectivity index (χ1n) is 4.84. The number of amides is 1. The van der Waals surface area contributed by atoms with Crippen LogP contribution in [0.25, 0.3) is 10.8 Å². The average molecular weight is 300 g/mol. The van der Waals surface area contributed by atoms with Crippen molar-refractivity contribution in [2.24, 2.45) is 0 Å². The third-order valence-corrected chi connectivity index (χ3v) is 2.66. The predicted molar refractivity (Wildman–Crippen MR) is 66.5 cm³/mol. The Bertz CT molecular complexity index is 560. The van der Waals surface area contributed by atoms with Gasteiger partial charge >= 0.3 is 10.7 Å². The minimum atomic E-state index is -3.57. The second-order valence-corrected chi connectivity index (χ2v) is 4.47. The second-order valence-electron chi connectivity index (χ2n) is 3.48. The zero-order valence-electron chi connectivity index (χ0n) is 8.58. The van der Waals surface area contributed by atoms with Crippen molar-refractivity contribution in [3.63, 3.8) is 0 Å². The van der Waals surface area contributed by atoms with Gasteiger partial charge in [-0.3, -0.25) is 4.79 Å². The molecule has 0 spiro atoms. The van der Waals surface area contributed by atoms with E-state index >= 15 is 0 Å². The number of alkyl halides is 3. The summed E-state index contributed by atoms with van der Waals surface area (Å²) in [6, 6.07) is 12.4. The van der Waals surface area contributed by atoms with E-state index in [1.54, 1.807) is 24.3 Å². The van der Waals surface area contributed by atoms with Gasteiger partial charge in [-0.25, -0.2) is 0 Å². The van der Waals surface area contributed by atoms with Crippen molar-refractivity contribution in [3.8, 4) is 0 Å². The van der Waals surface area contributed by atoms with Crippen LogP contribution in [0.1, 0.15) is 0 Å². The van der Waals surface area contributed by atoms with Gasteiger partial charge in [0, 0.05) is 27.0 Å². The van der Waals surface area contributed by atoms with E-state index < -0.39 is 10.7 Å². The Kier molecular flexibility index (Phi) is 3.11. The fourth-order valence-electron chi connectivity index (χ4n) is 1.53. The summed E-state index contributed by atoms with van der Waals surface area (Å²) in [5.41, 5.74) is 0.368. The number of fused-ring (bicyclic) bond motifs is 1. The molecule has 2 aromatic rings. The molecule has 0 radical (unpaired) electrons. The summed E-state index contributed by atoms with van der Waals surface area (Å²) in [5.74, 6) is -1.38. The highest BCUT2D eigenvalue weighted by Crippen LogP contribution is 2.27.